The Labute approximate surface area is 93.9 Å². The van der Waals surface area contributed by atoms with E-state index in [1.807, 2.05) is 14.0 Å². The largest absolute Gasteiger partial charge is 0.368 e. The van der Waals surface area contributed by atoms with Crippen LogP contribution in [0.3, 0.4) is 0 Å². The highest BCUT2D eigenvalue weighted by atomic mass is 79.9. The van der Waals surface area contributed by atoms with Gasteiger partial charge in [-0.2, -0.15) is 0 Å². The Morgan fingerprint density at radius 1 is 1.71 bits per heavy atom. The predicted molar refractivity (Wildman–Crippen MR) is 59.5 cm³/mol. The van der Waals surface area contributed by atoms with E-state index in [2.05, 4.69) is 22.9 Å². The molecule has 0 aliphatic carbocycles. The van der Waals surface area contributed by atoms with E-state index >= 15 is 0 Å². The zero-order valence-electron chi connectivity index (χ0n) is 9.00. The molecule has 1 amide bonds. The first-order chi connectivity index (χ1) is 6.52. The number of carbonyl (C=O) groups excluding carboxylic acids is 1. The number of amides is 1. The van der Waals surface area contributed by atoms with Gasteiger partial charge in [0.15, 0.2) is 0 Å². The Bertz CT molecular complexity index is 208. The van der Waals surface area contributed by atoms with E-state index < -0.39 is 0 Å². The monoisotopic (exact) mass is 263 g/mol. The third-order valence-electron chi connectivity index (χ3n) is 2.53. The number of rotatable bonds is 3. The van der Waals surface area contributed by atoms with Crippen LogP contribution in [0.1, 0.15) is 20.3 Å². The second-order valence-corrected chi connectivity index (χ2v) is 5.62. The van der Waals surface area contributed by atoms with Gasteiger partial charge in [-0.05, 0) is 12.3 Å². The lowest BCUT2D eigenvalue weighted by molar-refractivity contribution is -0.141. The molecule has 0 aromatic rings. The molecule has 0 aromatic carbocycles. The van der Waals surface area contributed by atoms with Crippen molar-refractivity contribution in [1.82, 2.24) is 4.90 Å². The van der Waals surface area contributed by atoms with Crippen LogP contribution in [0.25, 0.3) is 0 Å². The first kappa shape index (κ1) is 12.0. The second kappa shape index (κ2) is 5.12. The molecule has 0 aromatic heterocycles. The van der Waals surface area contributed by atoms with Crippen LogP contribution in [-0.2, 0) is 9.53 Å². The minimum absolute atomic E-state index is 0.112. The van der Waals surface area contributed by atoms with E-state index in [1.165, 1.54) is 0 Å². The maximum atomic E-state index is 11.9. The van der Waals surface area contributed by atoms with Crippen LogP contribution in [-0.4, -0.2) is 41.9 Å². The van der Waals surface area contributed by atoms with Crippen molar-refractivity contribution in [3.63, 3.8) is 0 Å². The van der Waals surface area contributed by atoms with E-state index in [4.69, 9.17) is 4.74 Å². The van der Waals surface area contributed by atoms with Gasteiger partial charge in [-0.15, -0.1) is 0 Å². The molecule has 1 saturated heterocycles. The summed E-state index contributed by atoms with van der Waals surface area (Å²) in [6.45, 7) is 5.55. The number of ether oxygens (including phenoxy) is 1. The van der Waals surface area contributed by atoms with Crippen molar-refractivity contribution in [3.8, 4) is 0 Å². The van der Waals surface area contributed by atoms with Gasteiger partial charge in [0, 0.05) is 25.0 Å². The first-order valence-electron chi connectivity index (χ1n) is 5.03. The zero-order valence-corrected chi connectivity index (χ0v) is 10.6. The topological polar surface area (TPSA) is 29.5 Å². The molecule has 1 fully saturated rings. The lowest BCUT2D eigenvalue weighted by atomic mass is 10.0. The minimum atomic E-state index is -0.216. The second-order valence-electron chi connectivity index (χ2n) is 4.06. The first-order valence-corrected chi connectivity index (χ1v) is 5.94. The Morgan fingerprint density at radius 3 is 2.79 bits per heavy atom. The number of alkyl halides is 1. The quantitative estimate of drug-likeness (QED) is 0.725. The van der Waals surface area contributed by atoms with E-state index in [0.29, 0.717) is 10.7 Å². The van der Waals surface area contributed by atoms with Crippen LogP contribution in [0.5, 0.6) is 0 Å². The van der Waals surface area contributed by atoms with Gasteiger partial charge in [-0.3, -0.25) is 4.79 Å². The van der Waals surface area contributed by atoms with Crippen molar-refractivity contribution in [2.45, 2.75) is 31.2 Å². The fourth-order valence-corrected chi connectivity index (χ4v) is 2.13. The van der Waals surface area contributed by atoms with Gasteiger partial charge in [0.05, 0.1) is 0 Å². The molecule has 0 N–H and O–H groups in total. The molecule has 0 saturated carbocycles. The van der Waals surface area contributed by atoms with E-state index in [0.717, 1.165) is 19.6 Å². The predicted octanol–water partition coefficient (Wildman–Crippen LogP) is 1.65. The molecule has 0 radical (unpaired) electrons. The van der Waals surface area contributed by atoms with Gasteiger partial charge in [-0.25, -0.2) is 0 Å². The summed E-state index contributed by atoms with van der Waals surface area (Å²) in [6.07, 6.45) is 0.778. The molecule has 1 rings (SSSR count). The maximum Gasteiger partial charge on any atom is 0.251 e. The van der Waals surface area contributed by atoms with Crippen molar-refractivity contribution in [2.75, 3.05) is 20.2 Å². The summed E-state index contributed by atoms with van der Waals surface area (Å²) >= 11 is 3.43. The summed E-state index contributed by atoms with van der Waals surface area (Å²) in [4.78, 5) is 13.9. The smallest absolute Gasteiger partial charge is 0.251 e. The summed E-state index contributed by atoms with van der Waals surface area (Å²) in [5.74, 6) is 0.469. The highest BCUT2D eigenvalue weighted by Crippen LogP contribution is 2.21. The molecule has 1 aliphatic heterocycles. The average molecular weight is 264 g/mol. The fraction of sp³-hybridized carbons (Fsp3) is 0.900. The molecule has 14 heavy (non-hydrogen) atoms. The molecule has 82 valence electrons. The van der Waals surface area contributed by atoms with Crippen LogP contribution >= 0.6 is 15.9 Å². The Hall–Kier alpha value is -0.0900. The molecule has 4 heteroatoms. The molecule has 3 atom stereocenters. The Balaban J connectivity index is 2.47. The van der Waals surface area contributed by atoms with Crippen LogP contribution in [0.15, 0.2) is 0 Å². The van der Waals surface area contributed by atoms with E-state index in [9.17, 15) is 4.79 Å². The summed E-state index contributed by atoms with van der Waals surface area (Å²) in [5, 5.41) is 0. The molecular formula is C10H18BrNO2. The van der Waals surface area contributed by atoms with Crippen molar-refractivity contribution in [2.24, 2.45) is 5.92 Å². The summed E-state index contributed by atoms with van der Waals surface area (Å²) in [6, 6.07) is 0. The SMILES string of the molecule is CC(Br)CN(C)C(=O)C1OCCC1C. The van der Waals surface area contributed by atoms with Crippen molar-refractivity contribution in [3.05, 3.63) is 0 Å². The molecule has 0 bridgehead atoms. The van der Waals surface area contributed by atoms with Crippen LogP contribution < -0.4 is 0 Å². The molecule has 3 unspecified atom stereocenters. The number of hydrogen-bond donors (Lipinski definition) is 0. The molecule has 3 nitrogen and oxygen atoms in total. The standard InChI is InChI=1S/C10H18BrNO2/c1-7-4-5-14-9(7)10(13)12(3)6-8(2)11/h7-9H,4-6H2,1-3H3. The van der Waals surface area contributed by atoms with Gasteiger partial charge in [0.25, 0.3) is 5.91 Å². The lowest BCUT2D eigenvalue weighted by Crippen LogP contribution is -2.40. The Morgan fingerprint density at radius 2 is 2.36 bits per heavy atom. The highest BCUT2D eigenvalue weighted by Gasteiger charge is 2.32. The number of carbonyl (C=O) groups is 1. The molecule has 1 heterocycles. The molecule has 1 aliphatic rings. The maximum absolute atomic E-state index is 11.9. The average Bonchev–Trinajstić information content (AvgIpc) is 2.48. The summed E-state index contributed by atoms with van der Waals surface area (Å²) in [7, 11) is 1.83. The lowest BCUT2D eigenvalue weighted by Gasteiger charge is -2.23. The van der Waals surface area contributed by atoms with Gasteiger partial charge in [0.2, 0.25) is 0 Å². The number of halogens is 1. The number of nitrogens with zero attached hydrogens (tertiary/aromatic N) is 1. The van der Waals surface area contributed by atoms with Gasteiger partial charge in [-0.1, -0.05) is 29.8 Å². The molecular weight excluding hydrogens is 246 g/mol. The fourth-order valence-electron chi connectivity index (χ4n) is 1.70. The van der Waals surface area contributed by atoms with Crippen LogP contribution in [0, 0.1) is 5.92 Å². The Kier molecular flexibility index (Phi) is 4.38. The van der Waals surface area contributed by atoms with Crippen LogP contribution in [0.2, 0.25) is 0 Å². The van der Waals surface area contributed by atoms with Gasteiger partial charge in [0.1, 0.15) is 6.10 Å². The number of likely N-dealkylation sites (N-methyl/N-ethyl adjacent to an activating group) is 1. The summed E-state index contributed by atoms with van der Waals surface area (Å²) < 4.78 is 5.42. The third-order valence-corrected chi connectivity index (χ3v) is 2.82. The van der Waals surface area contributed by atoms with E-state index in [1.54, 1.807) is 4.90 Å². The van der Waals surface area contributed by atoms with Crippen molar-refractivity contribution < 1.29 is 9.53 Å². The van der Waals surface area contributed by atoms with Gasteiger partial charge >= 0.3 is 0 Å². The number of hydrogen-bond acceptors (Lipinski definition) is 2. The third kappa shape index (κ3) is 2.95. The van der Waals surface area contributed by atoms with Gasteiger partial charge < -0.3 is 9.64 Å². The summed E-state index contributed by atoms with van der Waals surface area (Å²) in [5.41, 5.74) is 0. The normalized spacial score (nSPS) is 28.9. The van der Waals surface area contributed by atoms with Crippen molar-refractivity contribution in [1.29, 1.82) is 0 Å². The van der Waals surface area contributed by atoms with E-state index in [-0.39, 0.29) is 12.0 Å². The highest BCUT2D eigenvalue weighted by molar-refractivity contribution is 9.09. The zero-order chi connectivity index (χ0) is 10.7. The van der Waals surface area contributed by atoms with Crippen molar-refractivity contribution >= 4 is 21.8 Å². The minimum Gasteiger partial charge on any atom is -0.368 e. The van der Waals surface area contributed by atoms with Crippen LogP contribution in [0.4, 0.5) is 0 Å². The molecule has 0 spiro atoms.